The van der Waals surface area contributed by atoms with Gasteiger partial charge in [-0.3, -0.25) is 5.32 Å². The van der Waals surface area contributed by atoms with Crippen LogP contribution in [0.25, 0.3) is 0 Å². The molecular weight excluding hydrogens is 249 g/mol. The summed E-state index contributed by atoms with van der Waals surface area (Å²) < 4.78 is 17.7. The fourth-order valence-electron chi connectivity index (χ4n) is 1.43. The summed E-state index contributed by atoms with van der Waals surface area (Å²) >= 11 is 0. The minimum absolute atomic E-state index is 0.266. The Bertz CT molecular complexity index is 572. The van der Waals surface area contributed by atoms with Crippen molar-refractivity contribution in [1.82, 2.24) is 4.98 Å². The van der Waals surface area contributed by atoms with Gasteiger partial charge in [-0.15, -0.1) is 0 Å². The summed E-state index contributed by atoms with van der Waals surface area (Å²) in [5, 5.41) is 5.10. The molecule has 0 saturated heterocycles. The van der Waals surface area contributed by atoms with Gasteiger partial charge in [0.25, 0.3) is 0 Å². The summed E-state index contributed by atoms with van der Waals surface area (Å²) in [6.45, 7) is 0. The second kappa shape index (κ2) is 5.81. The molecule has 2 amide bonds. The van der Waals surface area contributed by atoms with Crippen molar-refractivity contribution in [3.8, 4) is 5.75 Å². The molecule has 6 heteroatoms. The van der Waals surface area contributed by atoms with Crippen molar-refractivity contribution in [2.45, 2.75) is 0 Å². The van der Waals surface area contributed by atoms with Gasteiger partial charge in [0.15, 0.2) is 0 Å². The van der Waals surface area contributed by atoms with Crippen LogP contribution in [-0.2, 0) is 0 Å². The van der Waals surface area contributed by atoms with Crippen molar-refractivity contribution >= 4 is 17.5 Å². The number of nitrogens with one attached hydrogen (secondary N) is 2. The third kappa shape index (κ3) is 3.67. The third-order valence-corrected chi connectivity index (χ3v) is 2.30. The number of amides is 2. The summed E-state index contributed by atoms with van der Waals surface area (Å²) in [5.74, 6) is 0.443. The largest absolute Gasteiger partial charge is 0.497 e. The smallest absolute Gasteiger partial charge is 0.324 e. The number of carbonyl (C=O) groups excluding carboxylic acids is 1. The maximum atomic E-state index is 12.6. The van der Waals surface area contributed by atoms with E-state index < -0.39 is 11.8 Å². The average Bonchev–Trinajstić information content (AvgIpc) is 2.41. The van der Waals surface area contributed by atoms with E-state index in [-0.39, 0.29) is 5.82 Å². The number of hydrogen-bond donors (Lipinski definition) is 2. The number of urea groups is 1. The third-order valence-electron chi connectivity index (χ3n) is 2.30. The van der Waals surface area contributed by atoms with E-state index in [0.29, 0.717) is 11.4 Å². The molecule has 0 saturated carbocycles. The van der Waals surface area contributed by atoms with Gasteiger partial charge in [0.1, 0.15) is 17.4 Å². The van der Waals surface area contributed by atoms with Crippen LogP contribution in [0, 0.1) is 5.82 Å². The van der Waals surface area contributed by atoms with Crippen LogP contribution >= 0.6 is 0 Å². The zero-order valence-corrected chi connectivity index (χ0v) is 10.2. The van der Waals surface area contributed by atoms with Gasteiger partial charge in [-0.1, -0.05) is 6.07 Å². The Hall–Kier alpha value is -2.63. The topological polar surface area (TPSA) is 63.2 Å². The van der Waals surface area contributed by atoms with Crippen molar-refractivity contribution in [3.63, 3.8) is 0 Å². The summed E-state index contributed by atoms with van der Waals surface area (Å²) in [7, 11) is 1.54. The molecule has 0 unspecified atom stereocenters. The van der Waals surface area contributed by atoms with Crippen LogP contribution < -0.4 is 15.4 Å². The minimum Gasteiger partial charge on any atom is -0.497 e. The van der Waals surface area contributed by atoms with E-state index in [1.54, 1.807) is 31.4 Å². The summed E-state index contributed by atoms with van der Waals surface area (Å²) in [4.78, 5) is 15.4. The first kappa shape index (κ1) is 12.8. The molecule has 0 atom stereocenters. The second-order valence-corrected chi connectivity index (χ2v) is 3.67. The highest BCUT2D eigenvalue weighted by molar-refractivity contribution is 5.99. The van der Waals surface area contributed by atoms with Crippen molar-refractivity contribution in [2.75, 3.05) is 17.7 Å². The fraction of sp³-hybridized carbons (Fsp3) is 0.0769. The maximum absolute atomic E-state index is 12.6. The van der Waals surface area contributed by atoms with Crippen LogP contribution in [0.5, 0.6) is 5.75 Å². The molecule has 2 N–H and O–H groups in total. The first-order valence-electron chi connectivity index (χ1n) is 5.51. The number of nitrogens with zero attached hydrogens (tertiary/aromatic N) is 1. The molecule has 2 rings (SSSR count). The quantitative estimate of drug-likeness (QED) is 0.893. The molecule has 0 aliphatic rings. The maximum Gasteiger partial charge on any atom is 0.324 e. The molecule has 0 fully saturated rings. The SMILES string of the molecule is COc1cccc(NC(=O)Nc2ccc(F)cn2)c1. The van der Waals surface area contributed by atoms with Gasteiger partial charge >= 0.3 is 6.03 Å². The number of anilines is 2. The molecule has 1 aromatic heterocycles. The summed E-state index contributed by atoms with van der Waals surface area (Å²) in [6, 6.07) is 9.05. The Labute approximate surface area is 109 Å². The number of rotatable bonds is 3. The lowest BCUT2D eigenvalue weighted by Gasteiger charge is -2.08. The van der Waals surface area contributed by atoms with E-state index in [2.05, 4.69) is 15.6 Å². The van der Waals surface area contributed by atoms with Crippen LogP contribution in [0.15, 0.2) is 42.6 Å². The van der Waals surface area contributed by atoms with Crippen molar-refractivity contribution < 1.29 is 13.9 Å². The van der Waals surface area contributed by atoms with E-state index >= 15 is 0 Å². The average molecular weight is 261 g/mol. The second-order valence-electron chi connectivity index (χ2n) is 3.67. The molecular formula is C13H12FN3O2. The normalized spacial score (nSPS) is 9.79. The summed E-state index contributed by atoms with van der Waals surface area (Å²) in [6.07, 6.45) is 1.03. The monoisotopic (exact) mass is 261 g/mol. The van der Waals surface area contributed by atoms with Gasteiger partial charge in [-0.05, 0) is 24.3 Å². The molecule has 0 radical (unpaired) electrons. The number of pyridine rings is 1. The van der Waals surface area contributed by atoms with E-state index in [9.17, 15) is 9.18 Å². The van der Waals surface area contributed by atoms with E-state index in [1.165, 1.54) is 12.1 Å². The fourth-order valence-corrected chi connectivity index (χ4v) is 1.43. The molecule has 98 valence electrons. The first-order valence-corrected chi connectivity index (χ1v) is 5.51. The Morgan fingerprint density at radius 2 is 2.11 bits per heavy atom. The van der Waals surface area contributed by atoms with Crippen LogP contribution in [0.3, 0.4) is 0 Å². The van der Waals surface area contributed by atoms with Crippen molar-refractivity contribution in [3.05, 3.63) is 48.4 Å². The van der Waals surface area contributed by atoms with Crippen LogP contribution in [-0.4, -0.2) is 18.1 Å². The molecule has 0 aliphatic carbocycles. The highest BCUT2D eigenvalue weighted by Gasteiger charge is 2.04. The molecule has 19 heavy (non-hydrogen) atoms. The molecule has 0 aliphatic heterocycles. The Kier molecular flexibility index (Phi) is 3.92. The van der Waals surface area contributed by atoms with Gasteiger partial charge in [-0.25, -0.2) is 14.2 Å². The van der Waals surface area contributed by atoms with Crippen LogP contribution in [0.4, 0.5) is 20.7 Å². The number of ether oxygens (including phenoxy) is 1. The molecule has 0 spiro atoms. The highest BCUT2D eigenvalue weighted by atomic mass is 19.1. The number of methoxy groups -OCH3 is 1. The molecule has 0 bridgehead atoms. The standard InChI is InChI=1S/C13H12FN3O2/c1-19-11-4-2-3-10(7-11)16-13(18)17-12-6-5-9(14)8-15-12/h2-8H,1H3,(H2,15,16,17,18). The Morgan fingerprint density at radius 1 is 1.26 bits per heavy atom. The predicted molar refractivity (Wildman–Crippen MR) is 69.8 cm³/mol. The van der Waals surface area contributed by atoms with Crippen molar-refractivity contribution in [2.24, 2.45) is 0 Å². The first-order chi connectivity index (χ1) is 9.17. The zero-order valence-electron chi connectivity index (χ0n) is 10.2. The number of benzene rings is 1. The molecule has 2 aromatic rings. The number of aromatic nitrogens is 1. The number of halogens is 1. The van der Waals surface area contributed by atoms with Crippen LogP contribution in [0.2, 0.25) is 0 Å². The lowest BCUT2D eigenvalue weighted by molar-refractivity contribution is 0.262. The predicted octanol–water partition coefficient (Wildman–Crippen LogP) is 2.87. The lowest BCUT2D eigenvalue weighted by Crippen LogP contribution is -2.20. The van der Waals surface area contributed by atoms with Gasteiger partial charge < -0.3 is 10.1 Å². The van der Waals surface area contributed by atoms with Crippen LogP contribution in [0.1, 0.15) is 0 Å². The Morgan fingerprint density at radius 3 is 2.79 bits per heavy atom. The molecule has 1 aromatic carbocycles. The van der Waals surface area contributed by atoms with Gasteiger partial charge in [-0.2, -0.15) is 0 Å². The van der Waals surface area contributed by atoms with Crippen molar-refractivity contribution in [1.29, 1.82) is 0 Å². The van der Waals surface area contributed by atoms with Gasteiger partial charge in [0, 0.05) is 11.8 Å². The zero-order chi connectivity index (χ0) is 13.7. The lowest BCUT2D eigenvalue weighted by atomic mass is 10.3. The highest BCUT2D eigenvalue weighted by Crippen LogP contribution is 2.16. The molecule has 5 nitrogen and oxygen atoms in total. The summed E-state index contributed by atoms with van der Waals surface area (Å²) in [5.41, 5.74) is 0.582. The van der Waals surface area contributed by atoms with E-state index in [1.807, 2.05) is 0 Å². The van der Waals surface area contributed by atoms with E-state index in [0.717, 1.165) is 6.20 Å². The molecule has 1 heterocycles. The van der Waals surface area contributed by atoms with E-state index in [4.69, 9.17) is 4.74 Å². The van der Waals surface area contributed by atoms with Gasteiger partial charge in [0.2, 0.25) is 0 Å². The Balaban J connectivity index is 1.99. The minimum atomic E-state index is -0.465. The number of carbonyl (C=O) groups is 1. The van der Waals surface area contributed by atoms with Gasteiger partial charge in [0.05, 0.1) is 13.3 Å². The number of hydrogen-bond acceptors (Lipinski definition) is 3.